The van der Waals surface area contributed by atoms with Crippen LogP contribution in [0.3, 0.4) is 0 Å². The first kappa shape index (κ1) is 19.4. The van der Waals surface area contributed by atoms with Crippen molar-refractivity contribution in [3.63, 3.8) is 0 Å². The molecule has 1 aliphatic rings. The Morgan fingerprint density at radius 3 is 2.60 bits per heavy atom. The molecule has 25 heavy (non-hydrogen) atoms. The zero-order chi connectivity index (χ0) is 17.3. The number of nitrogens with two attached hydrogens (primary N) is 1. The lowest BCUT2D eigenvalue weighted by molar-refractivity contribution is -0.133. The highest BCUT2D eigenvalue weighted by Gasteiger charge is 2.26. The van der Waals surface area contributed by atoms with E-state index < -0.39 is 0 Å². The van der Waals surface area contributed by atoms with Crippen molar-refractivity contribution in [2.75, 3.05) is 31.1 Å². The largest absolute Gasteiger partial charge is 0.352 e. The molecule has 1 fully saturated rings. The Kier molecular flexibility index (Phi) is 6.18. The van der Waals surface area contributed by atoms with Crippen molar-refractivity contribution in [1.29, 1.82) is 0 Å². The third-order valence-corrected chi connectivity index (χ3v) is 4.49. The van der Waals surface area contributed by atoms with Crippen LogP contribution >= 0.6 is 12.4 Å². The average Bonchev–Trinajstić information content (AvgIpc) is 2.95. The molecule has 2 aromatic rings. The van der Waals surface area contributed by atoms with E-state index in [9.17, 15) is 4.79 Å². The summed E-state index contributed by atoms with van der Waals surface area (Å²) in [6.45, 7) is 6.75. The van der Waals surface area contributed by atoms with Crippen molar-refractivity contribution in [2.45, 2.75) is 32.7 Å². The zero-order valence-electron chi connectivity index (χ0n) is 15.0. The fraction of sp³-hybridized carbons (Fsp3) is 0.625. The van der Waals surface area contributed by atoms with Gasteiger partial charge >= 0.3 is 0 Å². The maximum absolute atomic E-state index is 12.3. The number of anilines is 1. The van der Waals surface area contributed by atoms with Gasteiger partial charge in [0.25, 0.3) is 0 Å². The fourth-order valence-electron chi connectivity index (χ4n) is 3.16. The van der Waals surface area contributed by atoms with E-state index in [4.69, 9.17) is 5.73 Å². The summed E-state index contributed by atoms with van der Waals surface area (Å²) in [5.41, 5.74) is 6.80. The number of nitrogens with zero attached hydrogens (tertiary/aromatic N) is 6. The van der Waals surface area contributed by atoms with Crippen LogP contribution in [0.15, 0.2) is 6.20 Å². The van der Waals surface area contributed by atoms with E-state index >= 15 is 0 Å². The van der Waals surface area contributed by atoms with Gasteiger partial charge in [-0.25, -0.2) is 9.97 Å². The van der Waals surface area contributed by atoms with Crippen LogP contribution < -0.4 is 10.6 Å². The zero-order valence-corrected chi connectivity index (χ0v) is 15.8. The Balaban J connectivity index is 0.00000225. The summed E-state index contributed by atoms with van der Waals surface area (Å²) in [4.78, 5) is 25.5. The second-order valence-corrected chi connectivity index (χ2v) is 6.31. The lowest BCUT2D eigenvalue weighted by Crippen LogP contribution is -2.53. The lowest BCUT2D eigenvalue weighted by Gasteiger charge is -2.36. The maximum Gasteiger partial charge on any atom is 0.239 e. The Morgan fingerprint density at radius 1 is 1.28 bits per heavy atom. The highest BCUT2D eigenvalue weighted by atomic mass is 35.5. The monoisotopic (exact) mass is 367 g/mol. The third kappa shape index (κ3) is 3.85. The summed E-state index contributed by atoms with van der Waals surface area (Å²) in [5, 5.41) is 5.24. The molecule has 0 radical (unpaired) electrons. The molecule has 0 spiro atoms. The molecular weight excluding hydrogens is 342 g/mol. The number of carbonyl (C=O) groups is 1. The number of carbonyl (C=O) groups excluding carboxylic acids is 1. The minimum absolute atomic E-state index is 0. The molecule has 0 aromatic carbocycles. The van der Waals surface area contributed by atoms with Gasteiger partial charge in [0.2, 0.25) is 5.91 Å². The van der Waals surface area contributed by atoms with Gasteiger partial charge in [-0.1, -0.05) is 13.3 Å². The molecule has 0 aliphatic carbocycles. The summed E-state index contributed by atoms with van der Waals surface area (Å²) in [6.07, 6.45) is 3.46. The molecule has 3 heterocycles. The SMILES string of the molecule is CCCC(N)C(=O)N1CCN(c2nc(C)nc3c2cnn3C)CC1.Cl. The second kappa shape index (κ2) is 7.97. The van der Waals surface area contributed by atoms with Crippen molar-refractivity contribution >= 4 is 35.2 Å². The molecule has 1 unspecified atom stereocenters. The van der Waals surface area contributed by atoms with Gasteiger partial charge in [0, 0.05) is 33.2 Å². The van der Waals surface area contributed by atoms with E-state index in [1.165, 1.54) is 0 Å². The van der Waals surface area contributed by atoms with Gasteiger partial charge in [0.1, 0.15) is 11.6 Å². The van der Waals surface area contributed by atoms with Crippen LogP contribution in [-0.2, 0) is 11.8 Å². The Hall–Kier alpha value is -1.93. The quantitative estimate of drug-likeness (QED) is 0.861. The van der Waals surface area contributed by atoms with Crippen LogP contribution in [0.2, 0.25) is 0 Å². The lowest BCUT2D eigenvalue weighted by atomic mass is 10.1. The molecule has 138 valence electrons. The van der Waals surface area contributed by atoms with Crippen LogP contribution in [0, 0.1) is 6.92 Å². The number of rotatable bonds is 4. The van der Waals surface area contributed by atoms with E-state index in [1.54, 1.807) is 10.9 Å². The van der Waals surface area contributed by atoms with Crippen LogP contribution in [0.4, 0.5) is 5.82 Å². The van der Waals surface area contributed by atoms with E-state index in [0.29, 0.717) is 13.1 Å². The van der Waals surface area contributed by atoms with Crippen LogP contribution in [0.25, 0.3) is 11.0 Å². The number of fused-ring (bicyclic) bond motifs is 1. The van der Waals surface area contributed by atoms with Crippen molar-refractivity contribution in [1.82, 2.24) is 24.6 Å². The number of aromatic nitrogens is 4. The summed E-state index contributed by atoms with van der Waals surface area (Å²) >= 11 is 0. The minimum atomic E-state index is -0.382. The second-order valence-electron chi connectivity index (χ2n) is 6.31. The van der Waals surface area contributed by atoms with Gasteiger partial charge in [-0.15, -0.1) is 12.4 Å². The molecule has 2 aromatic heterocycles. The first-order chi connectivity index (χ1) is 11.5. The topological polar surface area (TPSA) is 93.2 Å². The van der Waals surface area contributed by atoms with Crippen LogP contribution in [-0.4, -0.2) is 62.8 Å². The summed E-state index contributed by atoms with van der Waals surface area (Å²) in [5.74, 6) is 1.68. The molecule has 1 amide bonds. The Bertz CT molecular complexity index is 739. The van der Waals surface area contributed by atoms with Crippen molar-refractivity contribution in [3.8, 4) is 0 Å². The molecule has 0 bridgehead atoms. The van der Waals surface area contributed by atoms with E-state index in [0.717, 1.165) is 48.6 Å². The van der Waals surface area contributed by atoms with Crippen molar-refractivity contribution < 1.29 is 4.79 Å². The molecule has 2 N–H and O–H groups in total. The van der Waals surface area contributed by atoms with Gasteiger partial charge in [0.05, 0.1) is 17.6 Å². The number of aryl methyl sites for hydroxylation is 2. The smallest absolute Gasteiger partial charge is 0.239 e. The van der Waals surface area contributed by atoms with E-state index in [-0.39, 0.29) is 24.4 Å². The first-order valence-electron chi connectivity index (χ1n) is 8.47. The summed E-state index contributed by atoms with van der Waals surface area (Å²) in [6, 6.07) is -0.382. The molecular formula is C16H26ClN7O. The number of amides is 1. The van der Waals surface area contributed by atoms with Gasteiger partial charge in [-0.05, 0) is 13.3 Å². The summed E-state index contributed by atoms with van der Waals surface area (Å²) < 4.78 is 1.76. The number of hydrogen-bond donors (Lipinski definition) is 1. The fourth-order valence-corrected chi connectivity index (χ4v) is 3.16. The summed E-state index contributed by atoms with van der Waals surface area (Å²) in [7, 11) is 1.88. The number of hydrogen-bond acceptors (Lipinski definition) is 6. The molecule has 9 heteroatoms. The molecule has 0 saturated carbocycles. The highest BCUT2D eigenvalue weighted by molar-refractivity contribution is 5.87. The van der Waals surface area contributed by atoms with E-state index in [1.807, 2.05) is 25.8 Å². The Morgan fingerprint density at radius 2 is 1.96 bits per heavy atom. The van der Waals surface area contributed by atoms with Gasteiger partial charge in [-0.2, -0.15) is 5.10 Å². The van der Waals surface area contributed by atoms with Crippen molar-refractivity contribution in [2.24, 2.45) is 12.8 Å². The molecule has 1 aliphatic heterocycles. The third-order valence-electron chi connectivity index (χ3n) is 4.49. The standard InChI is InChI=1S/C16H25N7O.ClH/c1-4-5-13(17)16(24)23-8-6-22(7-9-23)15-12-10-18-21(3)14(12)19-11(2)20-15;/h10,13H,4-9,17H2,1-3H3;1H. The first-order valence-corrected chi connectivity index (χ1v) is 8.47. The average molecular weight is 368 g/mol. The van der Waals surface area contributed by atoms with Gasteiger partial charge < -0.3 is 15.5 Å². The predicted molar refractivity (Wildman–Crippen MR) is 100.0 cm³/mol. The minimum Gasteiger partial charge on any atom is -0.352 e. The number of halogens is 1. The maximum atomic E-state index is 12.3. The van der Waals surface area contributed by atoms with Crippen LogP contribution in [0.1, 0.15) is 25.6 Å². The van der Waals surface area contributed by atoms with E-state index in [2.05, 4.69) is 20.0 Å². The molecule has 3 rings (SSSR count). The van der Waals surface area contributed by atoms with Gasteiger partial charge in [-0.3, -0.25) is 9.48 Å². The molecule has 1 saturated heterocycles. The van der Waals surface area contributed by atoms with Crippen LogP contribution in [0.5, 0.6) is 0 Å². The Labute approximate surface area is 153 Å². The van der Waals surface area contributed by atoms with Gasteiger partial charge in [0.15, 0.2) is 5.65 Å². The predicted octanol–water partition coefficient (Wildman–Crippen LogP) is 0.870. The highest BCUT2D eigenvalue weighted by Crippen LogP contribution is 2.24. The number of piperazine rings is 1. The normalized spacial score (nSPS) is 16.0. The molecule has 8 nitrogen and oxygen atoms in total. The molecule has 1 atom stereocenters. The van der Waals surface area contributed by atoms with Crippen molar-refractivity contribution in [3.05, 3.63) is 12.0 Å².